The maximum Gasteiger partial charge on any atom is 0.417 e. The molecule has 0 radical (unpaired) electrons. The number of alkyl halides is 3. The van der Waals surface area contributed by atoms with Gasteiger partial charge in [-0.05, 0) is 42.0 Å². The molecule has 8 heteroatoms. The van der Waals surface area contributed by atoms with Crippen LogP contribution in [0.5, 0.6) is 0 Å². The molecule has 5 nitrogen and oxygen atoms in total. The Bertz CT molecular complexity index is 1220. The van der Waals surface area contributed by atoms with E-state index in [9.17, 15) is 13.2 Å². The van der Waals surface area contributed by atoms with Crippen LogP contribution in [0, 0.1) is 6.57 Å². The summed E-state index contributed by atoms with van der Waals surface area (Å²) in [6, 6.07) is 13.6. The summed E-state index contributed by atoms with van der Waals surface area (Å²) in [7, 11) is 1.95. The van der Waals surface area contributed by atoms with E-state index in [1.807, 2.05) is 42.4 Å². The molecule has 150 valence electrons. The minimum absolute atomic E-state index is 0.429. The molecule has 4 rings (SSSR count). The first-order valence-electron chi connectivity index (χ1n) is 9.04. The Kier molecular flexibility index (Phi) is 4.88. The standard InChI is InChI=1S/C22H16F3N5/c1-26-17-4-6-18(7-5-17)29(2)14-15-9-10-30-21(11-15)19(13-28-30)20-8-3-16(12-27-20)22(23,24)25/h3-13H,14H2,2H3. The molecular formula is C22H16F3N5. The number of nitrogens with zero attached hydrogens (tertiary/aromatic N) is 5. The smallest absolute Gasteiger partial charge is 0.370 e. The molecule has 0 saturated heterocycles. The summed E-state index contributed by atoms with van der Waals surface area (Å²) in [6.45, 7) is 7.65. The number of fused-ring (bicyclic) bond motifs is 1. The van der Waals surface area contributed by atoms with Crippen molar-refractivity contribution in [2.45, 2.75) is 12.7 Å². The highest BCUT2D eigenvalue weighted by molar-refractivity contribution is 5.78. The summed E-state index contributed by atoms with van der Waals surface area (Å²) in [4.78, 5) is 9.43. The first kappa shape index (κ1) is 19.5. The Morgan fingerprint density at radius 3 is 2.47 bits per heavy atom. The number of rotatable bonds is 4. The SMILES string of the molecule is [C-]#[N+]c1ccc(N(C)Cc2ccn3ncc(-c4ccc(C(F)(F)F)cn4)c3c2)cc1. The van der Waals surface area contributed by atoms with Crippen LogP contribution in [-0.2, 0) is 12.7 Å². The predicted octanol–water partition coefficient (Wildman–Crippen LogP) is 5.60. The van der Waals surface area contributed by atoms with E-state index in [1.165, 1.54) is 6.07 Å². The Hall–Kier alpha value is -3.86. The van der Waals surface area contributed by atoms with Gasteiger partial charge in [0.1, 0.15) is 0 Å². The van der Waals surface area contributed by atoms with Gasteiger partial charge < -0.3 is 4.90 Å². The Labute approximate surface area is 170 Å². The van der Waals surface area contributed by atoms with Gasteiger partial charge in [-0.2, -0.15) is 18.3 Å². The molecule has 0 unspecified atom stereocenters. The Balaban J connectivity index is 1.62. The quantitative estimate of drug-likeness (QED) is 0.413. The van der Waals surface area contributed by atoms with Crippen molar-refractivity contribution in [1.82, 2.24) is 14.6 Å². The predicted molar refractivity (Wildman–Crippen MR) is 108 cm³/mol. The minimum atomic E-state index is -4.42. The zero-order chi connectivity index (χ0) is 21.3. The molecular weight excluding hydrogens is 391 g/mol. The van der Waals surface area contributed by atoms with Crippen LogP contribution in [0.4, 0.5) is 24.5 Å². The lowest BCUT2D eigenvalue weighted by Crippen LogP contribution is -2.16. The van der Waals surface area contributed by atoms with Crippen molar-refractivity contribution < 1.29 is 13.2 Å². The average molecular weight is 407 g/mol. The summed E-state index contributed by atoms with van der Waals surface area (Å²) in [5.41, 5.74) is 3.63. The van der Waals surface area contributed by atoms with E-state index >= 15 is 0 Å². The number of halogens is 3. The lowest BCUT2D eigenvalue weighted by Gasteiger charge is -2.19. The maximum atomic E-state index is 12.8. The van der Waals surface area contributed by atoms with Crippen LogP contribution in [0.3, 0.4) is 0 Å². The second-order valence-electron chi connectivity index (χ2n) is 6.84. The summed E-state index contributed by atoms with van der Waals surface area (Å²) < 4.78 is 40.1. The largest absolute Gasteiger partial charge is 0.417 e. The molecule has 0 atom stereocenters. The van der Waals surface area contributed by atoms with Gasteiger partial charge in [-0.25, -0.2) is 9.36 Å². The third-order valence-electron chi connectivity index (χ3n) is 4.79. The molecule has 0 aliphatic carbocycles. The molecule has 0 amide bonds. The van der Waals surface area contributed by atoms with Gasteiger partial charge >= 0.3 is 6.18 Å². The molecule has 1 aromatic carbocycles. The third-order valence-corrected chi connectivity index (χ3v) is 4.79. The lowest BCUT2D eigenvalue weighted by atomic mass is 10.1. The van der Waals surface area contributed by atoms with Gasteiger partial charge in [-0.15, -0.1) is 0 Å². The minimum Gasteiger partial charge on any atom is -0.370 e. The third kappa shape index (κ3) is 3.82. The number of hydrogen-bond acceptors (Lipinski definition) is 3. The average Bonchev–Trinajstić information content (AvgIpc) is 3.16. The van der Waals surface area contributed by atoms with Gasteiger partial charge in [0.05, 0.1) is 29.5 Å². The van der Waals surface area contributed by atoms with Crippen molar-refractivity contribution in [3.05, 3.63) is 89.7 Å². The van der Waals surface area contributed by atoms with Crippen molar-refractivity contribution >= 4 is 16.9 Å². The zero-order valence-corrected chi connectivity index (χ0v) is 15.9. The van der Waals surface area contributed by atoms with Gasteiger partial charge in [0.15, 0.2) is 5.69 Å². The van der Waals surface area contributed by atoms with E-state index in [1.54, 1.807) is 22.8 Å². The highest BCUT2D eigenvalue weighted by Crippen LogP contribution is 2.31. The number of anilines is 1. The fourth-order valence-corrected chi connectivity index (χ4v) is 3.19. The Morgan fingerprint density at radius 1 is 1.07 bits per heavy atom. The molecule has 3 heterocycles. The van der Waals surface area contributed by atoms with E-state index in [0.29, 0.717) is 23.5 Å². The first-order valence-corrected chi connectivity index (χ1v) is 9.04. The molecule has 0 bridgehead atoms. The number of benzene rings is 1. The van der Waals surface area contributed by atoms with E-state index in [2.05, 4.69) is 14.9 Å². The van der Waals surface area contributed by atoms with Gasteiger partial charge in [0, 0.05) is 37.2 Å². The highest BCUT2D eigenvalue weighted by atomic mass is 19.4. The lowest BCUT2D eigenvalue weighted by molar-refractivity contribution is -0.137. The fraction of sp³-hybridized carbons (Fsp3) is 0.136. The summed E-state index contributed by atoms with van der Waals surface area (Å²) in [5.74, 6) is 0. The van der Waals surface area contributed by atoms with Crippen molar-refractivity contribution in [2.24, 2.45) is 0 Å². The van der Waals surface area contributed by atoms with Gasteiger partial charge in [-0.3, -0.25) is 4.98 Å². The summed E-state index contributed by atoms with van der Waals surface area (Å²) in [6.07, 6.45) is -0.170. The number of pyridine rings is 2. The molecule has 0 N–H and O–H groups in total. The maximum absolute atomic E-state index is 12.8. The van der Waals surface area contributed by atoms with Crippen molar-refractivity contribution in [2.75, 3.05) is 11.9 Å². The first-order chi connectivity index (χ1) is 14.3. The van der Waals surface area contributed by atoms with Crippen LogP contribution >= 0.6 is 0 Å². The monoisotopic (exact) mass is 407 g/mol. The molecule has 0 aliphatic heterocycles. The topological polar surface area (TPSA) is 37.8 Å². The van der Waals surface area contributed by atoms with Crippen LogP contribution in [-0.4, -0.2) is 21.6 Å². The van der Waals surface area contributed by atoms with E-state index in [-0.39, 0.29) is 0 Å². The molecule has 0 saturated carbocycles. The van der Waals surface area contributed by atoms with Crippen LogP contribution in [0.2, 0.25) is 0 Å². The molecule has 3 aromatic heterocycles. The normalized spacial score (nSPS) is 11.4. The molecule has 30 heavy (non-hydrogen) atoms. The molecule has 0 fully saturated rings. The molecule has 0 spiro atoms. The van der Waals surface area contributed by atoms with Crippen molar-refractivity contribution in [1.29, 1.82) is 0 Å². The van der Waals surface area contributed by atoms with Crippen molar-refractivity contribution in [3.8, 4) is 11.3 Å². The molecule has 0 aliphatic rings. The molecule has 4 aromatic rings. The second-order valence-corrected chi connectivity index (χ2v) is 6.84. The summed E-state index contributed by atoms with van der Waals surface area (Å²) >= 11 is 0. The van der Waals surface area contributed by atoms with E-state index in [0.717, 1.165) is 29.0 Å². The fourth-order valence-electron chi connectivity index (χ4n) is 3.19. The highest BCUT2D eigenvalue weighted by Gasteiger charge is 2.30. The van der Waals surface area contributed by atoms with Crippen LogP contribution in [0.1, 0.15) is 11.1 Å². The number of aromatic nitrogens is 3. The van der Waals surface area contributed by atoms with E-state index < -0.39 is 11.7 Å². The van der Waals surface area contributed by atoms with Crippen LogP contribution in [0.25, 0.3) is 21.6 Å². The Morgan fingerprint density at radius 2 is 1.83 bits per heavy atom. The van der Waals surface area contributed by atoms with Crippen LogP contribution < -0.4 is 4.90 Å². The van der Waals surface area contributed by atoms with Gasteiger partial charge in [0.25, 0.3) is 0 Å². The van der Waals surface area contributed by atoms with Crippen LogP contribution in [0.15, 0.2) is 67.1 Å². The van der Waals surface area contributed by atoms with Crippen molar-refractivity contribution in [3.63, 3.8) is 0 Å². The van der Waals surface area contributed by atoms with Gasteiger partial charge in [0.2, 0.25) is 0 Å². The van der Waals surface area contributed by atoms with Gasteiger partial charge in [-0.1, -0.05) is 12.1 Å². The number of hydrogen-bond donors (Lipinski definition) is 0. The van der Waals surface area contributed by atoms with E-state index in [4.69, 9.17) is 6.57 Å². The second kappa shape index (κ2) is 7.52. The zero-order valence-electron chi connectivity index (χ0n) is 15.9. The summed E-state index contributed by atoms with van der Waals surface area (Å²) in [5, 5.41) is 4.28.